The number of aryl methyl sites for hydroxylation is 1. The minimum absolute atomic E-state index is 0.0113. The van der Waals surface area contributed by atoms with Crippen molar-refractivity contribution < 1.29 is 45.7 Å². The van der Waals surface area contributed by atoms with E-state index >= 15 is 0 Å². The number of anilines is 1. The van der Waals surface area contributed by atoms with Crippen molar-refractivity contribution in [1.29, 1.82) is 0 Å². The number of nitrogens with zero attached hydrogens (tertiary/aromatic N) is 2. The molecule has 0 aliphatic carbocycles. The topological polar surface area (TPSA) is 71.9 Å². The maximum absolute atomic E-state index is 13.5. The van der Waals surface area contributed by atoms with Gasteiger partial charge in [-0.2, -0.15) is 26.3 Å². The summed E-state index contributed by atoms with van der Waals surface area (Å²) in [5.74, 6) is 0.479. The zero-order valence-corrected chi connectivity index (χ0v) is 20.6. The highest BCUT2D eigenvalue weighted by Gasteiger charge is 2.71. The first-order valence-electron chi connectivity index (χ1n) is 11.8. The van der Waals surface area contributed by atoms with Crippen LogP contribution >= 0.6 is 0 Å². The first-order chi connectivity index (χ1) is 18.3. The number of halogens is 6. The Morgan fingerprint density at radius 3 is 2.31 bits per heavy atom. The number of pyridine rings is 1. The molecule has 2 aromatic carbocycles. The molecule has 1 unspecified atom stereocenters. The molecular formula is C27H24F6N2O4. The Morgan fingerprint density at radius 2 is 1.67 bits per heavy atom. The van der Waals surface area contributed by atoms with E-state index in [2.05, 4.69) is 4.98 Å². The molecule has 1 atom stereocenters. The lowest BCUT2D eigenvalue weighted by molar-refractivity contribution is -0.376. The van der Waals surface area contributed by atoms with Crippen molar-refractivity contribution in [2.45, 2.75) is 43.3 Å². The fraction of sp³-hybridized carbons (Fsp3) is 0.333. The van der Waals surface area contributed by atoms with Gasteiger partial charge in [0.25, 0.3) is 5.60 Å². The third kappa shape index (κ3) is 5.80. The van der Waals surface area contributed by atoms with Crippen LogP contribution in [0.25, 0.3) is 0 Å². The van der Waals surface area contributed by atoms with E-state index in [-0.39, 0.29) is 37.1 Å². The van der Waals surface area contributed by atoms with Gasteiger partial charge in [0.2, 0.25) is 5.91 Å². The molecule has 208 valence electrons. The summed E-state index contributed by atoms with van der Waals surface area (Å²) in [5, 5.41) is 9.92. The van der Waals surface area contributed by atoms with Crippen molar-refractivity contribution in [1.82, 2.24) is 4.98 Å². The van der Waals surface area contributed by atoms with Crippen molar-refractivity contribution >= 4 is 11.6 Å². The normalized spacial score (nSPS) is 16.3. The molecule has 0 saturated carbocycles. The summed E-state index contributed by atoms with van der Waals surface area (Å²) in [6.45, 7) is -0.0176. The molecule has 12 heteroatoms. The van der Waals surface area contributed by atoms with Crippen LogP contribution in [-0.2, 0) is 23.2 Å². The number of alkyl halides is 6. The van der Waals surface area contributed by atoms with Crippen LogP contribution < -0.4 is 14.4 Å². The van der Waals surface area contributed by atoms with Crippen LogP contribution in [0.4, 0.5) is 32.0 Å². The Hall–Kier alpha value is -3.80. The number of amides is 1. The lowest BCUT2D eigenvalue weighted by Gasteiger charge is -2.33. The summed E-state index contributed by atoms with van der Waals surface area (Å²) in [7, 11) is 1.47. The lowest BCUT2D eigenvalue weighted by Crippen LogP contribution is -2.54. The molecule has 0 fully saturated rings. The molecule has 1 aliphatic rings. The molecule has 0 spiro atoms. The Bertz CT molecular complexity index is 1300. The highest BCUT2D eigenvalue weighted by Crippen LogP contribution is 2.50. The van der Waals surface area contributed by atoms with Crippen molar-refractivity contribution in [2.24, 2.45) is 0 Å². The highest BCUT2D eigenvalue weighted by molar-refractivity contribution is 5.95. The van der Waals surface area contributed by atoms with Gasteiger partial charge >= 0.3 is 12.4 Å². The molecule has 0 bridgehead atoms. The number of fused-ring (bicyclic) bond motifs is 1. The maximum Gasteiger partial charge on any atom is 0.430 e. The predicted octanol–water partition coefficient (Wildman–Crippen LogP) is 5.37. The van der Waals surface area contributed by atoms with Crippen molar-refractivity contribution in [3.8, 4) is 11.5 Å². The van der Waals surface area contributed by atoms with Gasteiger partial charge in [-0.25, -0.2) is 0 Å². The van der Waals surface area contributed by atoms with E-state index in [1.54, 1.807) is 36.4 Å². The fourth-order valence-corrected chi connectivity index (χ4v) is 4.44. The summed E-state index contributed by atoms with van der Waals surface area (Å²) >= 11 is 0. The second-order valence-corrected chi connectivity index (χ2v) is 9.04. The first-order valence-corrected chi connectivity index (χ1v) is 11.8. The molecule has 39 heavy (non-hydrogen) atoms. The quantitative estimate of drug-likeness (QED) is 0.415. The van der Waals surface area contributed by atoms with Gasteiger partial charge < -0.3 is 19.5 Å². The maximum atomic E-state index is 13.5. The van der Waals surface area contributed by atoms with Crippen LogP contribution in [0.5, 0.6) is 11.5 Å². The van der Waals surface area contributed by atoms with Crippen LogP contribution in [0, 0.1) is 0 Å². The number of aliphatic hydroxyl groups is 1. The van der Waals surface area contributed by atoms with Gasteiger partial charge in [-0.05, 0) is 54.3 Å². The number of carbonyl (C=O) groups excluding carboxylic acids is 1. The van der Waals surface area contributed by atoms with Crippen LogP contribution in [0.1, 0.15) is 23.1 Å². The summed E-state index contributed by atoms with van der Waals surface area (Å²) < 4.78 is 92.5. The van der Waals surface area contributed by atoms with Crippen LogP contribution in [-0.4, -0.2) is 48.1 Å². The third-order valence-electron chi connectivity index (χ3n) is 6.48. The van der Waals surface area contributed by atoms with E-state index in [9.17, 15) is 36.2 Å². The number of carbonyl (C=O) groups is 1. The fourth-order valence-electron chi connectivity index (χ4n) is 4.44. The van der Waals surface area contributed by atoms with Crippen molar-refractivity contribution in [2.75, 3.05) is 18.6 Å². The number of benzene rings is 2. The largest absolute Gasteiger partial charge is 0.497 e. The monoisotopic (exact) mass is 554 g/mol. The first kappa shape index (κ1) is 28.2. The number of hydrogen-bond donors (Lipinski definition) is 1. The number of hydrogen-bond acceptors (Lipinski definition) is 5. The standard InChI is InChI=1S/C27H24F6N2O4/c1-38-20-3-2-4-21(15-20)39-22-7-5-18-14-19(25(37,26(28,29)30)27(31,32)33)6-8-23(18)35(16-22)24(36)13-17-9-11-34-12-10-17/h2-4,6,8-12,14-15,22,37H,5,7,13,16H2,1H3. The molecule has 1 amide bonds. The second kappa shape index (κ2) is 10.8. The smallest absolute Gasteiger partial charge is 0.430 e. The van der Waals surface area contributed by atoms with Gasteiger partial charge in [0.05, 0.1) is 20.1 Å². The average molecular weight is 554 g/mol. The van der Waals surface area contributed by atoms with E-state index in [0.717, 1.165) is 6.07 Å². The molecule has 1 aromatic heterocycles. The molecule has 6 nitrogen and oxygen atoms in total. The minimum Gasteiger partial charge on any atom is -0.497 e. The summed E-state index contributed by atoms with van der Waals surface area (Å²) in [4.78, 5) is 18.6. The van der Waals surface area contributed by atoms with E-state index in [4.69, 9.17) is 9.47 Å². The van der Waals surface area contributed by atoms with Gasteiger partial charge in [0.15, 0.2) is 0 Å². The molecule has 0 saturated heterocycles. The lowest BCUT2D eigenvalue weighted by atomic mass is 9.89. The van der Waals surface area contributed by atoms with Crippen LogP contribution in [0.3, 0.4) is 0 Å². The minimum atomic E-state index is -6.03. The molecule has 1 aliphatic heterocycles. The Labute approximate surface area is 219 Å². The van der Waals surface area contributed by atoms with E-state index < -0.39 is 35.5 Å². The van der Waals surface area contributed by atoms with Gasteiger partial charge in [-0.1, -0.05) is 18.2 Å². The summed E-state index contributed by atoms with van der Waals surface area (Å²) in [5.41, 5.74) is -5.66. The van der Waals surface area contributed by atoms with E-state index in [1.165, 1.54) is 24.4 Å². The van der Waals surface area contributed by atoms with Gasteiger partial charge in [-0.3, -0.25) is 9.78 Å². The van der Waals surface area contributed by atoms with Gasteiger partial charge in [0, 0.05) is 29.7 Å². The number of aromatic nitrogens is 1. The SMILES string of the molecule is COc1cccc(OC2CCc3cc(C(O)(C(F)(F)F)C(F)(F)F)ccc3N(C(=O)Cc3ccncc3)C2)c1. The molecular weight excluding hydrogens is 530 g/mol. The number of rotatable bonds is 6. The molecule has 2 heterocycles. The highest BCUT2D eigenvalue weighted by atomic mass is 19.4. The summed E-state index contributed by atoms with van der Waals surface area (Å²) in [6.07, 6.45) is -9.66. The Kier molecular flexibility index (Phi) is 7.78. The summed E-state index contributed by atoms with van der Waals surface area (Å²) in [6, 6.07) is 12.1. The number of methoxy groups -OCH3 is 1. The van der Waals surface area contributed by atoms with Gasteiger partial charge in [-0.15, -0.1) is 0 Å². The predicted molar refractivity (Wildman–Crippen MR) is 128 cm³/mol. The zero-order chi connectivity index (χ0) is 28.4. The number of ether oxygens (including phenoxy) is 2. The van der Waals surface area contributed by atoms with E-state index in [0.29, 0.717) is 29.2 Å². The van der Waals surface area contributed by atoms with Gasteiger partial charge in [0.1, 0.15) is 17.6 Å². The van der Waals surface area contributed by atoms with Crippen LogP contribution in [0.15, 0.2) is 67.0 Å². The molecule has 1 N–H and O–H groups in total. The Balaban J connectivity index is 1.73. The second-order valence-electron chi connectivity index (χ2n) is 9.04. The Morgan fingerprint density at radius 1 is 1.00 bits per heavy atom. The van der Waals surface area contributed by atoms with E-state index in [1.807, 2.05) is 0 Å². The van der Waals surface area contributed by atoms with Crippen LogP contribution in [0.2, 0.25) is 0 Å². The van der Waals surface area contributed by atoms with Crippen molar-refractivity contribution in [3.05, 3.63) is 83.7 Å². The average Bonchev–Trinajstić information content (AvgIpc) is 3.06. The molecule has 3 aromatic rings. The third-order valence-corrected chi connectivity index (χ3v) is 6.48. The van der Waals surface area contributed by atoms with Crippen molar-refractivity contribution in [3.63, 3.8) is 0 Å². The molecule has 4 rings (SSSR count). The zero-order valence-electron chi connectivity index (χ0n) is 20.6. The molecule has 0 radical (unpaired) electrons.